The van der Waals surface area contributed by atoms with Crippen molar-refractivity contribution in [1.29, 1.82) is 0 Å². The van der Waals surface area contributed by atoms with Crippen LogP contribution in [0.25, 0.3) is 0 Å². The number of anilines is 1. The fourth-order valence-corrected chi connectivity index (χ4v) is 4.73. The SMILES string of the molecule is CN(Cc1ccccc1)S(=O)(=O)c1ccc(NC(=O)C[C@@H]2OC(=O)c3ccccc32)cc1. The molecule has 1 N–H and O–H groups in total. The van der Waals surface area contributed by atoms with Gasteiger partial charge in [0, 0.05) is 24.8 Å². The van der Waals surface area contributed by atoms with E-state index in [4.69, 9.17) is 4.74 Å². The van der Waals surface area contributed by atoms with Crippen LogP contribution in [0.2, 0.25) is 0 Å². The number of carbonyl (C=O) groups is 2. The summed E-state index contributed by atoms with van der Waals surface area (Å²) >= 11 is 0. The highest BCUT2D eigenvalue weighted by atomic mass is 32.2. The van der Waals surface area contributed by atoms with Crippen LogP contribution in [0.5, 0.6) is 0 Å². The number of nitrogens with one attached hydrogen (secondary N) is 1. The van der Waals surface area contributed by atoms with Gasteiger partial charge >= 0.3 is 5.97 Å². The van der Waals surface area contributed by atoms with Gasteiger partial charge < -0.3 is 10.1 Å². The summed E-state index contributed by atoms with van der Waals surface area (Å²) in [7, 11) is -2.15. The first-order chi connectivity index (χ1) is 15.3. The number of benzene rings is 3. The topological polar surface area (TPSA) is 92.8 Å². The van der Waals surface area contributed by atoms with Gasteiger partial charge in [0.15, 0.2) is 0 Å². The van der Waals surface area contributed by atoms with Crippen LogP contribution >= 0.6 is 0 Å². The monoisotopic (exact) mass is 450 g/mol. The van der Waals surface area contributed by atoms with Crippen molar-refractivity contribution in [2.24, 2.45) is 0 Å². The average Bonchev–Trinajstić information content (AvgIpc) is 3.10. The molecule has 0 radical (unpaired) electrons. The molecule has 0 saturated heterocycles. The summed E-state index contributed by atoms with van der Waals surface area (Å²) in [6, 6.07) is 22.3. The molecule has 0 aliphatic carbocycles. The summed E-state index contributed by atoms with van der Waals surface area (Å²) in [4.78, 5) is 24.5. The second-order valence-electron chi connectivity index (χ2n) is 7.50. The minimum atomic E-state index is -3.68. The number of nitrogens with zero attached hydrogens (tertiary/aromatic N) is 1. The third kappa shape index (κ3) is 4.56. The number of hydrogen-bond acceptors (Lipinski definition) is 5. The van der Waals surface area contributed by atoms with Crippen LogP contribution in [0.1, 0.15) is 34.0 Å². The van der Waals surface area contributed by atoms with Gasteiger partial charge in [0.2, 0.25) is 15.9 Å². The highest BCUT2D eigenvalue weighted by molar-refractivity contribution is 7.89. The van der Waals surface area contributed by atoms with Gasteiger partial charge in [-0.25, -0.2) is 13.2 Å². The zero-order valence-corrected chi connectivity index (χ0v) is 18.2. The van der Waals surface area contributed by atoms with Crippen molar-refractivity contribution in [2.45, 2.75) is 24.0 Å². The van der Waals surface area contributed by atoms with Gasteiger partial charge in [-0.3, -0.25) is 4.79 Å². The van der Waals surface area contributed by atoms with E-state index in [-0.39, 0.29) is 23.8 Å². The maximum Gasteiger partial charge on any atom is 0.339 e. The maximum absolute atomic E-state index is 12.8. The first kappa shape index (κ1) is 21.7. The Bertz CT molecular complexity index is 1240. The summed E-state index contributed by atoms with van der Waals surface area (Å²) in [5.41, 5.74) is 2.50. The number of fused-ring (bicyclic) bond motifs is 1. The number of hydrogen-bond donors (Lipinski definition) is 1. The third-order valence-electron chi connectivity index (χ3n) is 5.24. The van der Waals surface area contributed by atoms with E-state index in [1.807, 2.05) is 30.3 Å². The molecular formula is C24H22N2O5S. The number of amides is 1. The minimum Gasteiger partial charge on any atom is -0.453 e. The molecule has 0 aromatic heterocycles. The highest BCUT2D eigenvalue weighted by Gasteiger charge is 2.32. The number of sulfonamides is 1. The molecule has 3 aromatic carbocycles. The molecule has 0 fully saturated rings. The van der Waals surface area contributed by atoms with Gasteiger partial charge in [0.1, 0.15) is 6.10 Å². The Balaban J connectivity index is 1.39. The van der Waals surface area contributed by atoms with E-state index in [9.17, 15) is 18.0 Å². The minimum absolute atomic E-state index is 0.0252. The lowest BCUT2D eigenvalue weighted by Gasteiger charge is -2.17. The number of cyclic esters (lactones) is 1. The first-order valence-electron chi connectivity index (χ1n) is 10.0. The van der Waals surface area contributed by atoms with E-state index >= 15 is 0 Å². The zero-order chi connectivity index (χ0) is 22.7. The van der Waals surface area contributed by atoms with Crippen molar-refractivity contribution in [1.82, 2.24) is 4.31 Å². The molecule has 8 heteroatoms. The van der Waals surface area contributed by atoms with Crippen molar-refractivity contribution in [3.05, 3.63) is 95.6 Å². The van der Waals surface area contributed by atoms with Crippen LogP contribution in [-0.2, 0) is 26.1 Å². The summed E-state index contributed by atoms with van der Waals surface area (Å²) in [5, 5.41) is 2.72. The molecule has 3 aromatic rings. The molecule has 1 amide bonds. The molecule has 0 saturated carbocycles. The lowest BCUT2D eigenvalue weighted by molar-refractivity contribution is -0.118. The summed E-state index contributed by atoms with van der Waals surface area (Å²) in [6.45, 7) is 0.253. The summed E-state index contributed by atoms with van der Waals surface area (Å²) in [5.74, 6) is -0.774. The highest BCUT2D eigenvalue weighted by Crippen LogP contribution is 2.33. The number of esters is 1. The van der Waals surface area contributed by atoms with E-state index in [2.05, 4.69) is 5.32 Å². The molecule has 164 valence electrons. The maximum atomic E-state index is 12.8. The lowest BCUT2D eigenvalue weighted by Crippen LogP contribution is -2.26. The van der Waals surface area contributed by atoms with Crippen LogP contribution in [-0.4, -0.2) is 31.6 Å². The first-order valence-corrected chi connectivity index (χ1v) is 11.5. The van der Waals surface area contributed by atoms with Crippen LogP contribution < -0.4 is 5.32 Å². The molecule has 0 bridgehead atoms. The summed E-state index contributed by atoms with van der Waals surface area (Å²) in [6.07, 6.45) is -0.659. The molecule has 4 rings (SSSR count). The smallest absolute Gasteiger partial charge is 0.339 e. The fourth-order valence-electron chi connectivity index (χ4n) is 3.57. The van der Waals surface area contributed by atoms with Gasteiger partial charge in [-0.05, 0) is 35.9 Å². The second-order valence-corrected chi connectivity index (χ2v) is 9.55. The summed E-state index contributed by atoms with van der Waals surface area (Å²) < 4.78 is 32.2. The Hall–Kier alpha value is -3.49. The van der Waals surface area contributed by atoms with E-state index < -0.39 is 22.1 Å². The van der Waals surface area contributed by atoms with Gasteiger partial charge in [-0.2, -0.15) is 4.31 Å². The molecule has 1 heterocycles. The molecule has 1 aliphatic heterocycles. The Morgan fingerprint density at radius 1 is 0.969 bits per heavy atom. The van der Waals surface area contributed by atoms with Crippen LogP contribution in [0.15, 0.2) is 83.8 Å². The molecule has 0 unspecified atom stereocenters. The Kier molecular flexibility index (Phi) is 6.07. The number of ether oxygens (including phenoxy) is 1. The van der Waals surface area contributed by atoms with Crippen molar-refractivity contribution in [2.75, 3.05) is 12.4 Å². The van der Waals surface area contributed by atoms with E-state index in [1.165, 1.54) is 35.6 Å². The van der Waals surface area contributed by atoms with E-state index in [0.29, 0.717) is 16.8 Å². The Morgan fingerprint density at radius 2 is 1.62 bits per heavy atom. The fraction of sp³-hybridized carbons (Fsp3) is 0.167. The Labute approximate surface area is 186 Å². The predicted octanol–water partition coefficient (Wildman–Crippen LogP) is 3.75. The van der Waals surface area contributed by atoms with Gasteiger partial charge in [-0.1, -0.05) is 48.5 Å². The third-order valence-corrected chi connectivity index (χ3v) is 7.06. The van der Waals surface area contributed by atoms with Gasteiger partial charge in [-0.15, -0.1) is 0 Å². The van der Waals surface area contributed by atoms with Crippen LogP contribution in [0, 0.1) is 0 Å². The lowest BCUT2D eigenvalue weighted by atomic mass is 10.0. The second kappa shape index (κ2) is 8.94. The quantitative estimate of drug-likeness (QED) is 0.554. The molecular weight excluding hydrogens is 428 g/mol. The average molecular weight is 451 g/mol. The standard InChI is InChI=1S/C24H22N2O5S/c1-26(16-17-7-3-2-4-8-17)32(29,30)19-13-11-18(12-14-19)25-23(27)15-22-20-9-5-6-10-21(20)24(28)31-22/h2-14,22H,15-16H2,1H3,(H,25,27)/t22-/m0/s1. The van der Waals surface area contributed by atoms with Gasteiger partial charge in [0.25, 0.3) is 0 Å². The van der Waals surface area contributed by atoms with Crippen molar-refractivity contribution in [3.8, 4) is 0 Å². The molecule has 1 atom stereocenters. The van der Waals surface area contributed by atoms with Gasteiger partial charge in [0.05, 0.1) is 16.9 Å². The van der Waals surface area contributed by atoms with Crippen molar-refractivity contribution < 1.29 is 22.7 Å². The van der Waals surface area contributed by atoms with Crippen molar-refractivity contribution in [3.63, 3.8) is 0 Å². The number of rotatable bonds is 7. The molecule has 1 aliphatic rings. The molecule has 0 spiro atoms. The largest absolute Gasteiger partial charge is 0.453 e. The predicted molar refractivity (Wildman–Crippen MR) is 119 cm³/mol. The molecule has 7 nitrogen and oxygen atoms in total. The number of carbonyl (C=O) groups excluding carboxylic acids is 2. The van der Waals surface area contributed by atoms with E-state index in [0.717, 1.165) is 5.56 Å². The zero-order valence-electron chi connectivity index (χ0n) is 17.4. The normalized spacial score (nSPS) is 15.3. The van der Waals surface area contributed by atoms with Crippen LogP contribution in [0.4, 0.5) is 5.69 Å². The van der Waals surface area contributed by atoms with E-state index in [1.54, 1.807) is 24.3 Å². The van der Waals surface area contributed by atoms with Crippen LogP contribution in [0.3, 0.4) is 0 Å². The Morgan fingerprint density at radius 3 is 2.34 bits per heavy atom. The molecule has 32 heavy (non-hydrogen) atoms. The van der Waals surface area contributed by atoms with Crippen molar-refractivity contribution >= 4 is 27.6 Å².